The number of rotatable bonds is 8. The largest absolute Gasteiger partial charge is 0.463 e. The van der Waals surface area contributed by atoms with Crippen molar-refractivity contribution < 1.29 is 14.3 Å². The Balaban J connectivity index is 0.00000338. The quantitative estimate of drug-likeness (QED) is 0.567. The summed E-state index contributed by atoms with van der Waals surface area (Å²) in [6, 6.07) is 18.3. The summed E-state index contributed by atoms with van der Waals surface area (Å²) < 4.78 is 5.07. The summed E-state index contributed by atoms with van der Waals surface area (Å²) >= 11 is 0. The van der Waals surface area contributed by atoms with E-state index in [1.54, 1.807) is 13.0 Å². The lowest BCUT2D eigenvalue weighted by atomic mass is 9.97. The number of ether oxygens (including phenoxy) is 1. The molecule has 0 fully saturated rings. The Bertz CT molecular complexity index is 729. The average molecular weight is 374 g/mol. The van der Waals surface area contributed by atoms with Crippen molar-refractivity contribution in [2.24, 2.45) is 5.73 Å². The van der Waals surface area contributed by atoms with Crippen LogP contribution in [0.15, 0.2) is 66.2 Å². The first kappa shape index (κ1) is 21.6. The zero-order chi connectivity index (χ0) is 18.1. The van der Waals surface area contributed by atoms with E-state index in [1.165, 1.54) is 0 Å². The van der Waals surface area contributed by atoms with Gasteiger partial charge in [0.2, 0.25) is 0 Å². The highest BCUT2D eigenvalue weighted by Gasteiger charge is 2.20. The maximum Gasteiger partial charge on any atom is 0.334 e. The van der Waals surface area contributed by atoms with Crippen LogP contribution in [0.25, 0.3) is 6.08 Å². The Morgan fingerprint density at radius 2 is 1.62 bits per heavy atom. The minimum absolute atomic E-state index is 0. The van der Waals surface area contributed by atoms with Gasteiger partial charge in [0.1, 0.15) is 0 Å². The number of esters is 1. The highest BCUT2D eigenvalue weighted by Crippen LogP contribution is 2.14. The van der Waals surface area contributed by atoms with Crippen molar-refractivity contribution in [3.8, 4) is 0 Å². The number of Topliss-reactive ketones (excluding diaryl/α,β-unsaturated/α-hetero) is 1. The molecule has 26 heavy (non-hydrogen) atoms. The van der Waals surface area contributed by atoms with E-state index in [2.05, 4.69) is 0 Å². The van der Waals surface area contributed by atoms with Crippen molar-refractivity contribution in [1.82, 2.24) is 0 Å². The van der Waals surface area contributed by atoms with Gasteiger partial charge in [-0.1, -0.05) is 60.7 Å². The number of carbonyl (C=O) groups is 2. The molecule has 138 valence electrons. The fourth-order valence-corrected chi connectivity index (χ4v) is 2.46. The summed E-state index contributed by atoms with van der Waals surface area (Å²) in [6.07, 6.45) is 2.09. The van der Waals surface area contributed by atoms with E-state index in [4.69, 9.17) is 10.5 Å². The lowest BCUT2D eigenvalue weighted by Gasteiger charge is -2.12. The lowest BCUT2D eigenvalue weighted by molar-refractivity contribution is -0.139. The van der Waals surface area contributed by atoms with Crippen molar-refractivity contribution >= 4 is 30.2 Å². The van der Waals surface area contributed by atoms with Gasteiger partial charge in [0.15, 0.2) is 5.78 Å². The molecule has 0 saturated carbocycles. The molecule has 2 rings (SSSR count). The predicted molar refractivity (Wildman–Crippen MR) is 106 cm³/mol. The van der Waals surface area contributed by atoms with Crippen molar-refractivity contribution in [1.29, 1.82) is 0 Å². The second-order valence-corrected chi connectivity index (χ2v) is 5.74. The monoisotopic (exact) mass is 373 g/mol. The first-order valence-electron chi connectivity index (χ1n) is 8.35. The first-order valence-corrected chi connectivity index (χ1v) is 8.35. The molecule has 0 aliphatic rings. The molecule has 2 N–H and O–H groups in total. The lowest BCUT2D eigenvalue weighted by Crippen LogP contribution is -2.33. The molecule has 0 amide bonds. The van der Waals surface area contributed by atoms with Gasteiger partial charge in [0, 0.05) is 12.0 Å². The highest BCUT2D eigenvalue weighted by atomic mass is 35.5. The predicted octanol–water partition coefficient (Wildman–Crippen LogP) is 3.58. The Hall–Kier alpha value is -2.43. The van der Waals surface area contributed by atoms with Crippen molar-refractivity contribution in [2.45, 2.75) is 25.8 Å². The Morgan fingerprint density at radius 1 is 1.04 bits per heavy atom. The van der Waals surface area contributed by atoms with Gasteiger partial charge in [-0.15, -0.1) is 12.4 Å². The molecule has 0 radical (unpaired) electrons. The van der Waals surface area contributed by atoms with Crippen LogP contribution in [0.3, 0.4) is 0 Å². The van der Waals surface area contributed by atoms with E-state index in [1.807, 2.05) is 60.7 Å². The third-order valence-corrected chi connectivity index (χ3v) is 3.75. The number of hydrogen-bond donors (Lipinski definition) is 1. The number of ketones is 1. The van der Waals surface area contributed by atoms with E-state index in [0.717, 1.165) is 11.1 Å². The van der Waals surface area contributed by atoms with Gasteiger partial charge in [-0.25, -0.2) is 4.79 Å². The minimum atomic E-state index is -0.656. The maximum absolute atomic E-state index is 12.5. The zero-order valence-electron chi connectivity index (χ0n) is 14.8. The van der Waals surface area contributed by atoms with Gasteiger partial charge in [-0.05, 0) is 30.5 Å². The molecule has 2 aromatic rings. The number of nitrogens with two attached hydrogens (primary N) is 1. The van der Waals surface area contributed by atoms with Gasteiger partial charge in [0.05, 0.1) is 12.6 Å². The molecule has 0 aliphatic heterocycles. The summed E-state index contributed by atoms with van der Waals surface area (Å²) in [7, 11) is 0. The Morgan fingerprint density at radius 3 is 2.19 bits per heavy atom. The molecule has 0 saturated heterocycles. The van der Waals surface area contributed by atoms with E-state index < -0.39 is 12.0 Å². The van der Waals surface area contributed by atoms with Crippen molar-refractivity contribution in [3.63, 3.8) is 0 Å². The van der Waals surface area contributed by atoms with Crippen LogP contribution in [0, 0.1) is 0 Å². The topological polar surface area (TPSA) is 69.4 Å². The fourth-order valence-electron chi connectivity index (χ4n) is 2.46. The van der Waals surface area contributed by atoms with E-state index in [0.29, 0.717) is 12.0 Å². The van der Waals surface area contributed by atoms with Crippen LogP contribution in [0.5, 0.6) is 0 Å². The molecule has 0 unspecified atom stereocenters. The summed E-state index contributed by atoms with van der Waals surface area (Å²) in [6.45, 7) is 2.00. The molecule has 0 aromatic heterocycles. The molecule has 0 aliphatic carbocycles. The summed E-state index contributed by atoms with van der Waals surface area (Å²) in [4.78, 5) is 24.7. The second-order valence-electron chi connectivity index (χ2n) is 5.74. The van der Waals surface area contributed by atoms with Crippen LogP contribution in [-0.2, 0) is 20.7 Å². The smallest absolute Gasteiger partial charge is 0.334 e. The third kappa shape index (κ3) is 6.82. The van der Waals surface area contributed by atoms with Crippen LogP contribution in [0.2, 0.25) is 0 Å². The molecule has 2 aromatic carbocycles. The Labute approximate surface area is 160 Å². The summed E-state index contributed by atoms with van der Waals surface area (Å²) in [5.41, 5.74) is 8.19. The standard InChI is InChI=1S/C21H23NO3.ClH/c1-2-25-21(24)18(13-16-9-5-3-6-10-16)15-20(23)19(22)14-17-11-7-4-8-12-17;/h3-13,19H,2,14-15,22H2,1H3;1H/b18-13-;/t19-;/m0./s1. The molecule has 0 heterocycles. The number of carbonyl (C=O) groups excluding carboxylic acids is 2. The molecular weight excluding hydrogens is 350 g/mol. The number of halogens is 1. The van der Waals surface area contributed by atoms with Gasteiger partial charge in [-0.3, -0.25) is 4.79 Å². The number of benzene rings is 2. The van der Waals surface area contributed by atoms with Crippen LogP contribution >= 0.6 is 12.4 Å². The summed E-state index contributed by atoms with van der Waals surface area (Å²) in [5, 5.41) is 0. The van der Waals surface area contributed by atoms with Crippen molar-refractivity contribution in [2.75, 3.05) is 6.61 Å². The fraction of sp³-hybridized carbons (Fsp3) is 0.238. The molecular formula is C21H24ClNO3. The zero-order valence-corrected chi connectivity index (χ0v) is 15.6. The SMILES string of the molecule is CCOC(=O)/C(=C\c1ccccc1)CC(=O)[C@@H](N)Cc1ccccc1.Cl. The van der Waals surface area contributed by atoms with E-state index in [-0.39, 0.29) is 31.2 Å². The van der Waals surface area contributed by atoms with E-state index >= 15 is 0 Å². The van der Waals surface area contributed by atoms with Gasteiger partial charge in [0.25, 0.3) is 0 Å². The first-order chi connectivity index (χ1) is 12.1. The highest BCUT2D eigenvalue weighted by molar-refractivity contribution is 6.01. The molecule has 5 heteroatoms. The van der Waals surface area contributed by atoms with E-state index in [9.17, 15) is 9.59 Å². The van der Waals surface area contributed by atoms with Crippen LogP contribution < -0.4 is 5.73 Å². The van der Waals surface area contributed by atoms with Gasteiger partial charge in [-0.2, -0.15) is 0 Å². The second kappa shape index (κ2) is 11.2. The molecule has 4 nitrogen and oxygen atoms in total. The van der Waals surface area contributed by atoms with Crippen LogP contribution in [-0.4, -0.2) is 24.4 Å². The summed E-state index contributed by atoms with van der Waals surface area (Å²) in [5.74, 6) is -0.661. The Kier molecular flexibility index (Phi) is 9.34. The average Bonchev–Trinajstić information content (AvgIpc) is 2.63. The van der Waals surface area contributed by atoms with Crippen molar-refractivity contribution in [3.05, 3.63) is 77.4 Å². The normalized spacial score (nSPS) is 12.0. The minimum Gasteiger partial charge on any atom is -0.463 e. The number of hydrogen-bond acceptors (Lipinski definition) is 4. The maximum atomic E-state index is 12.5. The molecule has 1 atom stereocenters. The van der Waals surface area contributed by atoms with Gasteiger partial charge < -0.3 is 10.5 Å². The van der Waals surface area contributed by atoms with Crippen LogP contribution in [0.4, 0.5) is 0 Å². The molecule has 0 spiro atoms. The molecule has 0 bridgehead atoms. The third-order valence-electron chi connectivity index (χ3n) is 3.75. The van der Waals surface area contributed by atoms with Crippen LogP contribution in [0.1, 0.15) is 24.5 Å². The van der Waals surface area contributed by atoms with Gasteiger partial charge >= 0.3 is 5.97 Å².